The molecule has 0 saturated heterocycles. The molecule has 0 atom stereocenters. The lowest BCUT2D eigenvalue weighted by Crippen LogP contribution is -2.51. The maximum Gasteiger partial charge on any atom is 0.0328 e. The number of hydrogen-bond acceptors (Lipinski definition) is 2. The van der Waals surface area contributed by atoms with Crippen LogP contribution in [0.5, 0.6) is 0 Å². The normalized spacial score (nSPS) is 13.2. The first-order valence-electron chi connectivity index (χ1n) is 6.29. The lowest BCUT2D eigenvalue weighted by molar-refractivity contribution is 0.187. The molecule has 0 unspecified atom stereocenters. The van der Waals surface area contributed by atoms with Gasteiger partial charge in [0.15, 0.2) is 0 Å². The van der Waals surface area contributed by atoms with Crippen LogP contribution in [-0.4, -0.2) is 5.54 Å². The van der Waals surface area contributed by atoms with Crippen molar-refractivity contribution in [1.82, 2.24) is 5.43 Å². The quantitative estimate of drug-likeness (QED) is 0.504. The van der Waals surface area contributed by atoms with Crippen LogP contribution in [0.4, 0.5) is 0 Å². The van der Waals surface area contributed by atoms with Gasteiger partial charge < -0.3 is 0 Å². The van der Waals surface area contributed by atoms with E-state index in [-0.39, 0.29) is 5.54 Å². The van der Waals surface area contributed by atoms with Gasteiger partial charge in [-0.1, -0.05) is 41.5 Å². The first kappa shape index (κ1) is 14.9. The van der Waals surface area contributed by atoms with Crippen molar-refractivity contribution in [2.45, 2.75) is 66.3 Å². The van der Waals surface area contributed by atoms with E-state index in [2.05, 4.69) is 47.0 Å². The Kier molecular flexibility index (Phi) is 6.46. The summed E-state index contributed by atoms with van der Waals surface area (Å²) < 4.78 is 0. The monoisotopic (exact) mass is 214 g/mol. The molecule has 0 aromatic rings. The largest absolute Gasteiger partial charge is 0.271 e. The van der Waals surface area contributed by atoms with E-state index >= 15 is 0 Å². The van der Waals surface area contributed by atoms with Crippen LogP contribution >= 0.6 is 0 Å². The van der Waals surface area contributed by atoms with Gasteiger partial charge in [0.25, 0.3) is 0 Å². The molecule has 0 rings (SSSR count). The van der Waals surface area contributed by atoms with E-state index in [1.807, 2.05) is 0 Å². The van der Waals surface area contributed by atoms with Gasteiger partial charge in [0.05, 0.1) is 0 Å². The summed E-state index contributed by atoms with van der Waals surface area (Å²) in [7, 11) is 0. The Bertz CT molecular complexity index is 135. The fourth-order valence-electron chi connectivity index (χ4n) is 2.77. The van der Waals surface area contributed by atoms with Gasteiger partial charge >= 0.3 is 0 Å². The highest BCUT2D eigenvalue weighted by atomic mass is 15.3. The highest BCUT2D eigenvalue weighted by Gasteiger charge is 2.31. The van der Waals surface area contributed by atoms with E-state index in [0.29, 0.717) is 17.8 Å². The highest BCUT2D eigenvalue weighted by Crippen LogP contribution is 2.30. The minimum atomic E-state index is 0.135. The van der Waals surface area contributed by atoms with E-state index in [1.54, 1.807) is 0 Å². The Morgan fingerprint density at radius 3 is 1.20 bits per heavy atom. The molecule has 0 saturated carbocycles. The molecule has 0 aromatic carbocycles. The van der Waals surface area contributed by atoms with E-state index in [0.717, 1.165) is 0 Å². The van der Waals surface area contributed by atoms with E-state index in [1.165, 1.54) is 19.3 Å². The third-order valence-electron chi connectivity index (χ3n) is 2.70. The molecule has 0 radical (unpaired) electrons. The molecule has 0 amide bonds. The van der Waals surface area contributed by atoms with Gasteiger partial charge in [-0.15, -0.1) is 0 Å². The second kappa shape index (κ2) is 6.49. The summed E-state index contributed by atoms with van der Waals surface area (Å²) in [4.78, 5) is 0. The van der Waals surface area contributed by atoms with Crippen molar-refractivity contribution < 1.29 is 0 Å². The second-order valence-corrected chi connectivity index (χ2v) is 6.22. The zero-order chi connectivity index (χ0) is 12.1. The Balaban J connectivity index is 4.59. The van der Waals surface area contributed by atoms with Crippen LogP contribution in [0.15, 0.2) is 0 Å². The van der Waals surface area contributed by atoms with Gasteiger partial charge in [0.2, 0.25) is 0 Å². The van der Waals surface area contributed by atoms with Crippen LogP contribution in [-0.2, 0) is 0 Å². The van der Waals surface area contributed by atoms with Gasteiger partial charge in [-0.05, 0) is 37.0 Å². The smallest absolute Gasteiger partial charge is 0.0328 e. The van der Waals surface area contributed by atoms with Crippen molar-refractivity contribution in [2.75, 3.05) is 0 Å². The summed E-state index contributed by atoms with van der Waals surface area (Å²) in [6, 6.07) is 0. The van der Waals surface area contributed by atoms with Gasteiger partial charge in [-0.25, -0.2) is 0 Å². The van der Waals surface area contributed by atoms with Crippen molar-refractivity contribution in [1.29, 1.82) is 0 Å². The average molecular weight is 214 g/mol. The highest BCUT2D eigenvalue weighted by molar-refractivity contribution is 4.88. The number of rotatable bonds is 7. The minimum absolute atomic E-state index is 0.135. The van der Waals surface area contributed by atoms with Gasteiger partial charge in [0, 0.05) is 5.54 Å². The molecule has 15 heavy (non-hydrogen) atoms. The molecule has 0 spiro atoms. The predicted molar refractivity (Wildman–Crippen MR) is 68.4 cm³/mol. The zero-order valence-electron chi connectivity index (χ0n) is 11.4. The fraction of sp³-hybridized carbons (Fsp3) is 1.00. The molecule has 0 aliphatic rings. The summed E-state index contributed by atoms with van der Waals surface area (Å²) in [5, 5.41) is 0. The first-order chi connectivity index (χ1) is 6.81. The third-order valence-corrected chi connectivity index (χ3v) is 2.70. The van der Waals surface area contributed by atoms with Crippen LogP contribution in [0, 0.1) is 17.8 Å². The average Bonchev–Trinajstić information content (AvgIpc) is 1.99. The predicted octanol–water partition coefficient (Wildman–Crippen LogP) is 3.33. The van der Waals surface area contributed by atoms with Gasteiger partial charge in [-0.2, -0.15) is 0 Å². The molecule has 0 heterocycles. The molecule has 0 fully saturated rings. The molecular formula is C13H30N2. The van der Waals surface area contributed by atoms with E-state index in [9.17, 15) is 0 Å². The summed E-state index contributed by atoms with van der Waals surface area (Å²) in [5.74, 6) is 7.88. The Morgan fingerprint density at radius 2 is 1.07 bits per heavy atom. The molecule has 2 nitrogen and oxygen atoms in total. The lowest BCUT2D eigenvalue weighted by atomic mass is 9.77. The second-order valence-electron chi connectivity index (χ2n) is 6.22. The van der Waals surface area contributed by atoms with Crippen molar-refractivity contribution in [2.24, 2.45) is 23.6 Å². The maximum atomic E-state index is 5.80. The SMILES string of the molecule is CC(C)CC(CC(C)C)(CC(C)C)NN. The van der Waals surface area contributed by atoms with Crippen LogP contribution in [0.1, 0.15) is 60.8 Å². The molecule has 0 aliphatic carbocycles. The van der Waals surface area contributed by atoms with Crippen LogP contribution in [0.2, 0.25) is 0 Å². The summed E-state index contributed by atoms with van der Waals surface area (Å²) >= 11 is 0. The molecule has 0 bridgehead atoms. The number of hydrazine groups is 1. The Morgan fingerprint density at radius 1 is 0.800 bits per heavy atom. The molecule has 3 N–H and O–H groups in total. The minimum Gasteiger partial charge on any atom is -0.271 e. The molecule has 2 heteroatoms. The van der Waals surface area contributed by atoms with Gasteiger partial charge in [0.1, 0.15) is 0 Å². The summed E-state index contributed by atoms with van der Waals surface area (Å²) in [6.45, 7) is 13.6. The fourth-order valence-corrected chi connectivity index (χ4v) is 2.77. The Labute approximate surface area is 96.0 Å². The number of nitrogens with two attached hydrogens (primary N) is 1. The molecule has 0 aliphatic heterocycles. The molecular weight excluding hydrogens is 184 g/mol. The topological polar surface area (TPSA) is 38.0 Å². The van der Waals surface area contributed by atoms with Crippen molar-refractivity contribution >= 4 is 0 Å². The Hall–Kier alpha value is -0.0800. The molecule has 0 aromatic heterocycles. The zero-order valence-corrected chi connectivity index (χ0v) is 11.4. The number of nitrogens with one attached hydrogen (secondary N) is 1. The first-order valence-corrected chi connectivity index (χ1v) is 6.29. The van der Waals surface area contributed by atoms with Crippen molar-refractivity contribution in [3.63, 3.8) is 0 Å². The third kappa shape index (κ3) is 6.16. The lowest BCUT2D eigenvalue weighted by Gasteiger charge is -2.38. The summed E-state index contributed by atoms with van der Waals surface area (Å²) in [6.07, 6.45) is 3.50. The van der Waals surface area contributed by atoms with Crippen LogP contribution < -0.4 is 11.3 Å². The van der Waals surface area contributed by atoms with Gasteiger partial charge in [-0.3, -0.25) is 11.3 Å². The van der Waals surface area contributed by atoms with Crippen LogP contribution in [0.25, 0.3) is 0 Å². The van der Waals surface area contributed by atoms with Crippen LogP contribution in [0.3, 0.4) is 0 Å². The van der Waals surface area contributed by atoms with Crippen molar-refractivity contribution in [3.8, 4) is 0 Å². The van der Waals surface area contributed by atoms with Crippen molar-refractivity contribution in [3.05, 3.63) is 0 Å². The molecule has 92 valence electrons. The number of hydrogen-bond donors (Lipinski definition) is 2. The maximum absolute atomic E-state index is 5.80. The van der Waals surface area contributed by atoms with E-state index in [4.69, 9.17) is 5.84 Å². The standard InChI is InChI=1S/C13H30N2/c1-10(2)7-13(15-14,8-11(3)4)9-12(5)6/h10-12,15H,7-9,14H2,1-6H3. The summed E-state index contributed by atoms with van der Waals surface area (Å²) in [5.41, 5.74) is 3.24. The van der Waals surface area contributed by atoms with E-state index < -0.39 is 0 Å².